The molecule has 0 saturated carbocycles. The number of thiazole rings is 1. The van der Waals surface area contributed by atoms with Gasteiger partial charge in [0.25, 0.3) is 0 Å². The van der Waals surface area contributed by atoms with Crippen LogP contribution < -0.4 is 0 Å². The van der Waals surface area contributed by atoms with Crippen molar-refractivity contribution < 1.29 is 9.53 Å². The Kier molecular flexibility index (Phi) is 4.99. The van der Waals surface area contributed by atoms with Crippen LogP contribution >= 0.6 is 34.3 Å². The lowest BCUT2D eigenvalue weighted by molar-refractivity contribution is -0.144. The van der Waals surface area contributed by atoms with Crippen LogP contribution in [0.1, 0.15) is 16.1 Å². The summed E-state index contributed by atoms with van der Waals surface area (Å²) < 4.78 is 7.40. The van der Waals surface area contributed by atoms with Crippen LogP contribution in [-0.4, -0.2) is 20.5 Å². The van der Waals surface area contributed by atoms with E-state index in [4.69, 9.17) is 16.3 Å². The maximum atomic E-state index is 12.3. The fourth-order valence-corrected chi connectivity index (χ4v) is 5.11. The molecule has 27 heavy (non-hydrogen) atoms. The lowest BCUT2D eigenvalue weighted by Gasteiger charge is -2.05. The Morgan fingerprint density at radius 1 is 1.33 bits per heavy atom. The summed E-state index contributed by atoms with van der Waals surface area (Å²) in [6.45, 7) is 2.13. The normalized spacial score (nSPS) is 11.2. The number of hydrogen-bond donors (Lipinski definition) is 0. The third-order valence-electron chi connectivity index (χ3n) is 4.20. The molecule has 0 spiro atoms. The number of esters is 1. The maximum absolute atomic E-state index is 12.3. The largest absolute Gasteiger partial charge is 0.461 e. The van der Waals surface area contributed by atoms with Gasteiger partial charge in [0.2, 0.25) is 0 Å². The summed E-state index contributed by atoms with van der Waals surface area (Å²) >= 11 is 9.21. The van der Waals surface area contributed by atoms with Crippen LogP contribution in [0.3, 0.4) is 0 Å². The van der Waals surface area contributed by atoms with Gasteiger partial charge in [-0.15, -0.1) is 22.7 Å². The minimum Gasteiger partial charge on any atom is -0.461 e. The van der Waals surface area contributed by atoms with E-state index in [0.717, 1.165) is 37.1 Å². The minimum atomic E-state index is -0.272. The average Bonchev–Trinajstić information content (AvgIpc) is 3.33. The third-order valence-corrected chi connectivity index (χ3v) is 6.85. The van der Waals surface area contributed by atoms with Crippen molar-refractivity contribution in [3.63, 3.8) is 0 Å². The molecule has 0 unspecified atom stereocenters. The number of aromatic nitrogens is 3. The topological polar surface area (TPSA) is 57.0 Å². The fourth-order valence-electron chi connectivity index (χ4n) is 2.75. The second-order valence-electron chi connectivity index (χ2n) is 6.14. The third kappa shape index (κ3) is 3.76. The summed E-state index contributed by atoms with van der Waals surface area (Å²) in [6, 6.07) is 7.73. The first-order chi connectivity index (χ1) is 13.0. The molecule has 0 aliphatic heterocycles. The van der Waals surface area contributed by atoms with Crippen molar-refractivity contribution in [2.75, 3.05) is 0 Å². The SMILES string of the molecule is Cc1nc(-c2sccc2Cl)sc1CC(=O)OCc1ccc2c(c1)ncn2C. The summed E-state index contributed by atoms with van der Waals surface area (Å²) in [7, 11) is 1.95. The van der Waals surface area contributed by atoms with E-state index in [1.165, 1.54) is 11.3 Å². The van der Waals surface area contributed by atoms with E-state index < -0.39 is 0 Å². The Bertz CT molecular complexity index is 1130. The molecule has 0 aliphatic carbocycles. The predicted molar refractivity (Wildman–Crippen MR) is 109 cm³/mol. The summed E-state index contributed by atoms with van der Waals surface area (Å²) in [4.78, 5) is 23.0. The van der Waals surface area contributed by atoms with Gasteiger partial charge in [0.05, 0.1) is 39.4 Å². The van der Waals surface area contributed by atoms with Gasteiger partial charge in [0.1, 0.15) is 11.6 Å². The molecular formula is C19H16ClN3O2S2. The van der Waals surface area contributed by atoms with Gasteiger partial charge in [0.15, 0.2) is 0 Å². The molecule has 0 radical (unpaired) electrons. The Morgan fingerprint density at radius 3 is 2.96 bits per heavy atom. The number of rotatable bonds is 5. The van der Waals surface area contributed by atoms with Crippen LogP contribution in [0.2, 0.25) is 5.02 Å². The zero-order valence-electron chi connectivity index (χ0n) is 14.7. The molecule has 4 rings (SSSR count). The molecule has 0 aliphatic rings. The van der Waals surface area contributed by atoms with E-state index in [2.05, 4.69) is 9.97 Å². The molecular weight excluding hydrogens is 402 g/mol. The van der Waals surface area contributed by atoms with Crippen LogP contribution in [-0.2, 0) is 29.6 Å². The second-order valence-corrected chi connectivity index (χ2v) is 8.55. The van der Waals surface area contributed by atoms with E-state index in [1.807, 2.05) is 48.2 Å². The number of nitrogens with zero attached hydrogens (tertiary/aromatic N) is 3. The van der Waals surface area contributed by atoms with Gasteiger partial charge in [-0.1, -0.05) is 17.7 Å². The monoisotopic (exact) mass is 417 g/mol. The van der Waals surface area contributed by atoms with Crippen LogP contribution in [0.25, 0.3) is 20.9 Å². The smallest absolute Gasteiger partial charge is 0.311 e. The number of carbonyl (C=O) groups excluding carboxylic acids is 1. The molecule has 0 bridgehead atoms. The van der Waals surface area contributed by atoms with Gasteiger partial charge >= 0.3 is 5.97 Å². The molecule has 0 N–H and O–H groups in total. The van der Waals surface area contributed by atoms with Crippen LogP contribution in [0.4, 0.5) is 0 Å². The summed E-state index contributed by atoms with van der Waals surface area (Å²) in [6.07, 6.45) is 1.97. The number of aryl methyl sites for hydroxylation is 2. The Balaban J connectivity index is 1.42. The number of halogens is 1. The first-order valence-electron chi connectivity index (χ1n) is 8.26. The lowest BCUT2D eigenvalue weighted by atomic mass is 10.2. The molecule has 3 heterocycles. The number of imidazole rings is 1. The number of thiophene rings is 1. The molecule has 4 aromatic rings. The highest BCUT2D eigenvalue weighted by Crippen LogP contribution is 2.37. The Hall–Kier alpha value is -2.22. The summed E-state index contributed by atoms with van der Waals surface area (Å²) in [5, 5.41) is 3.46. The zero-order valence-corrected chi connectivity index (χ0v) is 17.1. The van der Waals surface area contributed by atoms with Gasteiger partial charge in [-0.05, 0) is 36.1 Å². The van der Waals surface area contributed by atoms with Crippen LogP contribution in [0, 0.1) is 6.92 Å². The molecule has 138 valence electrons. The number of ether oxygens (including phenoxy) is 1. The highest BCUT2D eigenvalue weighted by molar-refractivity contribution is 7.21. The molecule has 8 heteroatoms. The number of hydrogen-bond acceptors (Lipinski definition) is 6. The lowest BCUT2D eigenvalue weighted by Crippen LogP contribution is -2.07. The molecule has 3 aromatic heterocycles. The van der Waals surface area contributed by atoms with Crippen LogP contribution in [0.15, 0.2) is 36.0 Å². The quantitative estimate of drug-likeness (QED) is 0.428. The van der Waals surface area contributed by atoms with Crippen molar-refractivity contribution in [2.24, 2.45) is 7.05 Å². The van der Waals surface area contributed by atoms with Crippen molar-refractivity contribution >= 4 is 51.3 Å². The zero-order chi connectivity index (χ0) is 19.0. The first-order valence-corrected chi connectivity index (χ1v) is 10.3. The Morgan fingerprint density at radius 2 is 2.19 bits per heavy atom. The molecule has 0 amide bonds. The predicted octanol–water partition coefficient (Wildman–Crippen LogP) is 5.01. The second kappa shape index (κ2) is 7.42. The molecule has 0 fully saturated rings. The standard InChI is InChI=1S/C19H16ClN3O2S2/c1-11-16(27-19(22-11)18-13(20)5-6-26-18)8-17(24)25-9-12-3-4-15-14(7-12)21-10-23(15)2/h3-7,10H,8-9H2,1-2H3. The van der Waals surface area contributed by atoms with E-state index in [1.54, 1.807) is 17.7 Å². The molecule has 0 atom stereocenters. The van der Waals surface area contributed by atoms with E-state index >= 15 is 0 Å². The minimum absolute atomic E-state index is 0.207. The van der Waals surface area contributed by atoms with Crippen molar-refractivity contribution in [1.82, 2.24) is 14.5 Å². The fraction of sp³-hybridized carbons (Fsp3) is 0.211. The Labute approximate surface area is 169 Å². The molecule has 1 aromatic carbocycles. The highest BCUT2D eigenvalue weighted by atomic mass is 35.5. The van der Waals surface area contributed by atoms with Gasteiger partial charge in [-0.2, -0.15) is 0 Å². The van der Waals surface area contributed by atoms with Crippen molar-refractivity contribution in [2.45, 2.75) is 20.0 Å². The van der Waals surface area contributed by atoms with Gasteiger partial charge < -0.3 is 9.30 Å². The van der Waals surface area contributed by atoms with E-state index in [0.29, 0.717) is 5.02 Å². The summed E-state index contributed by atoms with van der Waals surface area (Å²) in [5.74, 6) is -0.272. The van der Waals surface area contributed by atoms with Gasteiger partial charge in [0, 0.05) is 11.9 Å². The first kappa shape index (κ1) is 18.2. The summed E-state index contributed by atoms with van der Waals surface area (Å²) in [5.41, 5.74) is 3.69. The number of carbonyl (C=O) groups is 1. The number of benzene rings is 1. The van der Waals surface area contributed by atoms with Gasteiger partial charge in [-0.3, -0.25) is 4.79 Å². The maximum Gasteiger partial charge on any atom is 0.311 e. The highest BCUT2D eigenvalue weighted by Gasteiger charge is 2.16. The van der Waals surface area contributed by atoms with E-state index in [9.17, 15) is 4.79 Å². The van der Waals surface area contributed by atoms with E-state index in [-0.39, 0.29) is 19.0 Å². The average molecular weight is 418 g/mol. The van der Waals surface area contributed by atoms with Crippen molar-refractivity contribution in [3.05, 3.63) is 57.1 Å². The van der Waals surface area contributed by atoms with Gasteiger partial charge in [-0.25, -0.2) is 9.97 Å². The van der Waals surface area contributed by atoms with Crippen molar-refractivity contribution in [3.8, 4) is 9.88 Å². The molecule has 0 saturated heterocycles. The van der Waals surface area contributed by atoms with Crippen LogP contribution in [0.5, 0.6) is 0 Å². The number of fused-ring (bicyclic) bond motifs is 1. The molecule has 5 nitrogen and oxygen atoms in total. The van der Waals surface area contributed by atoms with Crippen molar-refractivity contribution in [1.29, 1.82) is 0 Å².